The van der Waals surface area contributed by atoms with E-state index in [0.29, 0.717) is 6.42 Å². The zero-order valence-electron chi connectivity index (χ0n) is 24.2. The van der Waals surface area contributed by atoms with Crippen molar-refractivity contribution in [2.45, 2.75) is 53.4 Å². The number of hydrogen-bond acceptors (Lipinski definition) is 4. The van der Waals surface area contributed by atoms with E-state index in [1.165, 1.54) is 27.8 Å². The molecular formula is C32H42F2N2O3. The second-order valence-electron chi connectivity index (χ2n) is 9.27. The van der Waals surface area contributed by atoms with E-state index in [4.69, 9.17) is 10.5 Å². The Kier molecular flexibility index (Phi) is 14.7. The van der Waals surface area contributed by atoms with Crippen LogP contribution in [0.5, 0.6) is 5.75 Å². The van der Waals surface area contributed by atoms with Crippen molar-refractivity contribution in [2.75, 3.05) is 27.7 Å². The van der Waals surface area contributed by atoms with E-state index in [-0.39, 0.29) is 5.78 Å². The van der Waals surface area contributed by atoms with E-state index < -0.39 is 23.1 Å². The molecule has 5 nitrogen and oxygen atoms in total. The summed E-state index contributed by atoms with van der Waals surface area (Å²) in [7, 11) is 5.95. The first-order chi connectivity index (χ1) is 18.5. The van der Waals surface area contributed by atoms with Gasteiger partial charge in [0.1, 0.15) is 28.7 Å². The summed E-state index contributed by atoms with van der Waals surface area (Å²) in [6, 6.07) is 16.1. The lowest BCUT2D eigenvalue weighted by molar-refractivity contribution is -0.116. The second kappa shape index (κ2) is 17.1. The third kappa shape index (κ3) is 11.0. The molecule has 3 rings (SSSR count). The predicted octanol–water partition coefficient (Wildman–Crippen LogP) is 6.31. The molecule has 0 fully saturated rings. The molecular weight excluding hydrogens is 498 g/mol. The summed E-state index contributed by atoms with van der Waals surface area (Å²) in [5.41, 5.74) is 10.3. The van der Waals surface area contributed by atoms with Crippen molar-refractivity contribution in [1.82, 2.24) is 4.90 Å². The number of carbonyl (C=O) groups excluding carboxylic acids is 2. The Morgan fingerprint density at radius 3 is 2.03 bits per heavy atom. The fourth-order valence-electron chi connectivity index (χ4n) is 3.94. The van der Waals surface area contributed by atoms with Gasteiger partial charge in [-0.05, 0) is 75.2 Å². The Morgan fingerprint density at radius 2 is 1.51 bits per heavy atom. The number of nitrogens with two attached hydrogens (primary N) is 1. The van der Waals surface area contributed by atoms with Crippen LogP contribution in [0.15, 0.2) is 54.6 Å². The molecule has 0 unspecified atom stereocenters. The summed E-state index contributed by atoms with van der Waals surface area (Å²) in [5, 5.41) is 0. The van der Waals surface area contributed by atoms with Crippen molar-refractivity contribution in [3.8, 4) is 5.75 Å². The van der Waals surface area contributed by atoms with Crippen molar-refractivity contribution in [3.05, 3.63) is 99.6 Å². The zero-order valence-corrected chi connectivity index (χ0v) is 24.2. The number of aryl methyl sites for hydroxylation is 2. The Bertz CT molecular complexity index is 1210. The molecule has 0 aromatic heterocycles. The molecule has 0 aliphatic carbocycles. The number of methoxy groups -OCH3 is 1. The van der Waals surface area contributed by atoms with Crippen LogP contribution >= 0.6 is 0 Å². The highest BCUT2D eigenvalue weighted by atomic mass is 19.1. The molecule has 3 aromatic carbocycles. The van der Waals surface area contributed by atoms with Crippen LogP contribution in [0.25, 0.3) is 0 Å². The van der Waals surface area contributed by atoms with Gasteiger partial charge in [-0.1, -0.05) is 56.3 Å². The number of rotatable bonds is 10. The smallest absolute Gasteiger partial charge is 0.254 e. The quantitative estimate of drug-likeness (QED) is 0.327. The van der Waals surface area contributed by atoms with Crippen LogP contribution in [0.1, 0.15) is 65.4 Å². The average molecular weight is 541 g/mol. The van der Waals surface area contributed by atoms with Crippen LogP contribution < -0.4 is 10.5 Å². The number of carbonyl (C=O) groups is 2. The van der Waals surface area contributed by atoms with Gasteiger partial charge < -0.3 is 20.2 Å². The molecule has 7 heteroatoms. The number of amides is 1. The highest BCUT2D eigenvalue weighted by Crippen LogP contribution is 2.30. The number of nitrogens with zero attached hydrogens (tertiary/aromatic N) is 1. The van der Waals surface area contributed by atoms with Crippen molar-refractivity contribution in [1.29, 1.82) is 0 Å². The van der Waals surface area contributed by atoms with E-state index >= 15 is 0 Å². The van der Waals surface area contributed by atoms with E-state index in [1.54, 1.807) is 14.0 Å². The minimum atomic E-state index is -1.10. The zero-order chi connectivity index (χ0) is 29.5. The molecule has 0 radical (unpaired) electrons. The average Bonchev–Trinajstić information content (AvgIpc) is 2.89. The van der Waals surface area contributed by atoms with Crippen LogP contribution in [0.4, 0.5) is 8.78 Å². The summed E-state index contributed by atoms with van der Waals surface area (Å²) < 4.78 is 30.9. The van der Waals surface area contributed by atoms with Gasteiger partial charge in [-0.2, -0.15) is 0 Å². The summed E-state index contributed by atoms with van der Waals surface area (Å²) in [6.07, 6.45) is 3.23. The number of benzene rings is 3. The summed E-state index contributed by atoms with van der Waals surface area (Å²) in [5.74, 6) is -1.71. The van der Waals surface area contributed by atoms with E-state index in [0.717, 1.165) is 49.8 Å². The first kappa shape index (κ1) is 33.4. The van der Waals surface area contributed by atoms with Gasteiger partial charge in [0.05, 0.1) is 7.11 Å². The molecule has 0 aliphatic heterocycles. The van der Waals surface area contributed by atoms with Crippen molar-refractivity contribution in [2.24, 2.45) is 5.73 Å². The number of ketones is 1. The number of likely N-dealkylation sites (N-methyl/N-ethyl adjacent to an activating group) is 1. The van der Waals surface area contributed by atoms with Crippen LogP contribution in [0.3, 0.4) is 0 Å². The number of Topliss-reactive ketones (excluding diaryl/α,β-unsaturated/α-hetero) is 1. The van der Waals surface area contributed by atoms with Gasteiger partial charge in [-0.15, -0.1) is 0 Å². The molecule has 2 N–H and O–H groups in total. The lowest BCUT2D eigenvalue weighted by Crippen LogP contribution is -2.16. The summed E-state index contributed by atoms with van der Waals surface area (Å²) in [6.45, 7) is 8.80. The summed E-state index contributed by atoms with van der Waals surface area (Å²) in [4.78, 5) is 23.8. The van der Waals surface area contributed by atoms with Crippen LogP contribution in [-0.2, 0) is 24.1 Å². The summed E-state index contributed by atoms with van der Waals surface area (Å²) >= 11 is 0. The molecule has 0 saturated carbocycles. The maximum Gasteiger partial charge on any atom is 0.254 e. The van der Waals surface area contributed by atoms with E-state index in [2.05, 4.69) is 62.3 Å². The Morgan fingerprint density at radius 1 is 0.923 bits per heavy atom. The van der Waals surface area contributed by atoms with Gasteiger partial charge >= 0.3 is 0 Å². The topological polar surface area (TPSA) is 72.6 Å². The van der Waals surface area contributed by atoms with E-state index in [9.17, 15) is 18.4 Å². The third-order valence-corrected chi connectivity index (χ3v) is 5.96. The fourth-order valence-corrected chi connectivity index (χ4v) is 3.94. The van der Waals surface area contributed by atoms with Crippen molar-refractivity contribution < 1.29 is 23.1 Å². The number of hydrogen-bond donors (Lipinski definition) is 1. The van der Waals surface area contributed by atoms with Gasteiger partial charge in [0.25, 0.3) is 5.91 Å². The maximum absolute atomic E-state index is 12.6. The van der Waals surface area contributed by atoms with E-state index in [1.807, 2.05) is 13.8 Å². The van der Waals surface area contributed by atoms with Crippen LogP contribution in [0, 0.1) is 18.6 Å². The van der Waals surface area contributed by atoms with Gasteiger partial charge in [-0.25, -0.2) is 8.78 Å². The molecule has 0 bridgehead atoms. The van der Waals surface area contributed by atoms with Crippen molar-refractivity contribution >= 4 is 11.7 Å². The van der Waals surface area contributed by atoms with Gasteiger partial charge in [0.2, 0.25) is 0 Å². The maximum atomic E-state index is 12.6. The normalized spacial score (nSPS) is 10.2. The highest BCUT2D eigenvalue weighted by molar-refractivity contribution is 5.93. The lowest BCUT2D eigenvalue weighted by atomic mass is 9.94. The standard InChI is InChI=1S/C23H31NO2.C7H5F2NO.C2H6/c1-17-9-12-21(13-14-24(3)4)23(26-5)22(17)16-20-8-6-7-19(15-20)11-10-18(2)25;8-4-2-1-3-5(9)6(4)7(10)11;1-2/h6-9,12,15H,10-11,13-14,16H2,1-5H3;1-3H,(H2,10,11);1-2H3. The molecule has 0 saturated heterocycles. The Hall–Kier alpha value is -3.58. The first-order valence-corrected chi connectivity index (χ1v) is 13.1. The third-order valence-electron chi connectivity index (χ3n) is 5.96. The molecule has 0 spiro atoms. The highest BCUT2D eigenvalue weighted by Gasteiger charge is 2.14. The molecule has 0 aliphatic rings. The Balaban J connectivity index is 0.000000487. The minimum Gasteiger partial charge on any atom is -0.496 e. The minimum absolute atomic E-state index is 0.238. The number of halogens is 2. The van der Waals surface area contributed by atoms with Crippen LogP contribution in [0.2, 0.25) is 0 Å². The lowest BCUT2D eigenvalue weighted by Gasteiger charge is -2.18. The predicted molar refractivity (Wildman–Crippen MR) is 154 cm³/mol. The van der Waals surface area contributed by atoms with Crippen LogP contribution in [-0.4, -0.2) is 44.3 Å². The number of ether oxygens (including phenoxy) is 1. The molecule has 39 heavy (non-hydrogen) atoms. The number of primary amides is 1. The van der Waals surface area contributed by atoms with Gasteiger partial charge in [-0.3, -0.25) is 4.79 Å². The first-order valence-electron chi connectivity index (χ1n) is 13.1. The second-order valence-corrected chi connectivity index (χ2v) is 9.27. The fraction of sp³-hybridized carbons (Fsp3) is 0.375. The molecule has 212 valence electrons. The molecule has 0 atom stereocenters. The Labute approximate surface area is 232 Å². The van der Waals surface area contributed by atoms with Gasteiger partial charge in [0, 0.05) is 24.9 Å². The van der Waals surface area contributed by atoms with Gasteiger partial charge in [0.15, 0.2) is 0 Å². The van der Waals surface area contributed by atoms with Crippen molar-refractivity contribution in [3.63, 3.8) is 0 Å². The SMILES string of the molecule is CC.COc1c(CCN(C)C)ccc(C)c1Cc1cccc(CCC(C)=O)c1.NC(=O)c1c(F)cccc1F. The largest absolute Gasteiger partial charge is 0.496 e. The molecule has 3 aromatic rings. The molecule has 0 heterocycles. The monoisotopic (exact) mass is 540 g/mol. The molecule has 1 amide bonds.